The topological polar surface area (TPSA) is 40.5 Å². The van der Waals surface area contributed by atoms with Crippen LogP contribution in [0.1, 0.15) is 26.3 Å². The van der Waals surface area contributed by atoms with E-state index in [0.29, 0.717) is 5.46 Å². The molecule has 2 aromatic rings. The Kier molecular flexibility index (Phi) is 3.62. The molecule has 0 aliphatic rings. The van der Waals surface area contributed by atoms with E-state index >= 15 is 0 Å². The summed E-state index contributed by atoms with van der Waals surface area (Å²) in [5, 5.41) is 22.9. The highest BCUT2D eigenvalue weighted by molar-refractivity contribution is 7.08. The fourth-order valence-corrected chi connectivity index (χ4v) is 2.49. The van der Waals surface area contributed by atoms with Gasteiger partial charge < -0.3 is 10.0 Å². The van der Waals surface area contributed by atoms with Gasteiger partial charge in [0.2, 0.25) is 0 Å². The largest absolute Gasteiger partial charge is 0.488 e. The van der Waals surface area contributed by atoms with E-state index in [-0.39, 0.29) is 5.41 Å². The fraction of sp³-hybridized carbons (Fsp3) is 0.286. The third-order valence-corrected chi connectivity index (χ3v) is 3.66. The van der Waals surface area contributed by atoms with Gasteiger partial charge in [-0.25, -0.2) is 0 Å². The molecule has 0 saturated heterocycles. The molecule has 2 N–H and O–H groups in total. The number of rotatable bonds is 2. The maximum Gasteiger partial charge on any atom is 0.488 e. The lowest BCUT2D eigenvalue weighted by atomic mass is 9.75. The zero-order valence-electron chi connectivity index (χ0n) is 10.8. The summed E-state index contributed by atoms with van der Waals surface area (Å²) in [4.78, 5) is 0. The molecule has 0 aliphatic heterocycles. The molecular weight excluding hydrogens is 243 g/mol. The smallest absolute Gasteiger partial charge is 0.423 e. The van der Waals surface area contributed by atoms with Crippen molar-refractivity contribution in [3.63, 3.8) is 0 Å². The maximum atomic E-state index is 9.39. The summed E-state index contributed by atoms with van der Waals surface area (Å²) in [7, 11) is -1.43. The van der Waals surface area contributed by atoms with E-state index in [2.05, 4.69) is 32.2 Å². The normalized spacial score (nSPS) is 11.6. The van der Waals surface area contributed by atoms with Crippen LogP contribution in [0.15, 0.2) is 35.0 Å². The minimum atomic E-state index is -1.43. The van der Waals surface area contributed by atoms with E-state index in [4.69, 9.17) is 0 Å². The average molecular weight is 260 g/mol. The quantitative estimate of drug-likeness (QED) is 0.814. The van der Waals surface area contributed by atoms with Gasteiger partial charge in [-0.2, -0.15) is 11.3 Å². The molecule has 0 radical (unpaired) electrons. The standard InChI is InChI=1S/C14H17BO2S/c1-14(2,3)12-6-11(10-4-5-18-9-10)7-13(8-12)15(16)17/h4-9,16-17H,1-3H3. The minimum absolute atomic E-state index is 0.0182. The molecule has 0 spiro atoms. The van der Waals surface area contributed by atoms with E-state index < -0.39 is 7.12 Å². The lowest BCUT2D eigenvalue weighted by Gasteiger charge is -2.21. The Labute approximate surface area is 112 Å². The first-order valence-electron chi connectivity index (χ1n) is 5.92. The summed E-state index contributed by atoms with van der Waals surface area (Å²) < 4.78 is 0. The minimum Gasteiger partial charge on any atom is -0.423 e. The first-order chi connectivity index (χ1) is 8.38. The molecule has 0 atom stereocenters. The van der Waals surface area contributed by atoms with Crippen molar-refractivity contribution in [2.75, 3.05) is 0 Å². The van der Waals surface area contributed by atoms with Crippen molar-refractivity contribution in [1.82, 2.24) is 0 Å². The molecule has 0 saturated carbocycles. The Morgan fingerprint density at radius 1 is 1.06 bits per heavy atom. The highest BCUT2D eigenvalue weighted by Crippen LogP contribution is 2.28. The predicted molar refractivity (Wildman–Crippen MR) is 78.3 cm³/mol. The third kappa shape index (κ3) is 2.83. The Morgan fingerprint density at radius 2 is 1.78 bits per heavy atom. The summed E-state index contributed by atoms with van der Waals surface area (Å²) in [6.07, 6.45) is 0. The van der Waals surface area contributed by atoms with Crippen LogP contribution in [0.4, 0.5) is 0 Å². The van der Waals surface area contributed by atoms with Gasteiger partial charge in [0.05, 0.1) is 0 Å². The van der Waals surface area contributed by atoms with Gasteiger partial charge in [0.25, 0.3) is 0 Å². The summed E-state index contributed by atoms with van der Waals surface area (Å²) in [5.74, 6) is 0. The first-order valence-corrected chi connectivity index (χ1v) is 6.86. The molecule has 1 aromatic heterocycles. The van der Waals surface area contributed by atoms with Crippen LogP contribution in [0.2, 0.25) is 0 Å². The van der Waals surface area contributed by atoms with E-state index in [1.165, 1.54) is 0 Å². The Morgan fingerprint density at radius 3 is 2.28 bits per heavy atom. The Hall–Kier alpha value is -1.10. The molecule has 1 aromatic carbocycles. The Bertz CT molecular complexity index is 527. The molecule has 1 heterocycles. The van der Waals surface area contributed by atoms with Gasteiger partial charge in [0.15, 0.2) is 0 Å². The highest BCUT2D eigenvalue weighted by Gasteiger charge is 2.19. The van der Waals surface area contributed by atoms with Crippen molar-refractivity contribution in [1.29, 1.82) is 0 Å². The van der Waals surface area contributed by atoms with Crippen LogP contribution in [-0.4, -0.2) is 17.2 Å². The Balaban J connectivity index is 2.57. The van der Waals surface area contributed by atoms with Gasteiger partial charge >= 0.3 is 7.12 Å². The number of benzene rings is 1. The van der Waals surface area contributed by atoms with E-state index in [1.54, 1.807) is 11.3 Å². The molecule has 18 heavy (non-hydrogen) atoms. The van der Waals surface area contributed by atoms with Crippen molar-refractivity contribution < 1.29 is 10.0 Å². The van der Waals surface area contributed by atoms with Gasteiger partial charge in [-0.15, -0.1) is 0 Å². The van der Waals surface area contributed by atoms with Gasteiger partial charge in [0.1, 0.15) is 0 Å². The maximum absolute atomic E-state index is 9.39. The molecule has 0 fully saturated rings. The first kappa shape index (κ1) is 13.3. The third-order valence-electron chi connectivity index (χ3n) is 2.97. The van der Waals surface area contributed by atoms with Gasteiger partial charge in [-0.3, -0.25) is 0 Å². The molecule has 2 nitrogen and oxygen atoms in total. The second-order valence-corrected chi connectivity index (χ2v) is 6.26. The van der Waals surface area contributed by atoms with Crippen molar-refractivity contribution >= 4 is 23.9 Å². The lowest BCUT2D eigenvalue weighted by Crippen LogP contribution is -2.31. The molecule has 0 aliphatic carbocycles. The molecular formula is C14H17BO2S. The summed E-state index contributed by atoms with van der Waals surface area (Å²) in [6, 6.07) is 7.86. The SMILES string of the molecule is CC(C)(C)c1cc(B(O)O)cc(-c2ccsc2)c1. The van der Waals surface area contributed by atoms with Crippen LogP contribution in [0, 0.1) is 0 Å². The average Bonchev–Trinajstić information content (AvgIpc) is 2.80. The number of hydrogen-bond acceptors (Lipinski definition) is 3. The number of hydrogen-bond donors (Lipinski definition) is 2. The summed E-state index contributed by atoms with van der Waals surface area (Å²) >= 11 is 1.64. The van der Waals surface area contributed by atoms with E-state index in [0.717, 1.165) is 16.7 Å². The van der Waals surface area contributed by atoms with Crippen LogP contribution in [0.5, 0.6) is 0 Å². The van der Waals surface area contributed by atoms with Gasteiger partial charge in [0, 0.05) is 0 Å². The predicted octanol–water partition coefficient (Wildman–Crippen LogP) is 2.39. The second kappa shape index (κ2) is 4.88. The molecule has 4 heteroatoms. The van der Waals surface area contributed by atoms with E-state index in [1.807, 2.05) is 23.6 Å². The van der Waals surface area contributed by atoms with Crippen LogP contribution >= 0.6 is 11.3 Å². The van der Waals surface area contributed by atoms with Crippen LogP contribution < -0.4 is 5.46 Å². The monoisotopic (exact) mass is 260 g/mol. The summed E-state index contributed by atoms with van der Waals surface area (Å²) in [6.45, 7) is 6.35. The van der Waals surface area contributed by atoms with Gasteiger partial charge in [-0.1, -0.05) is 39.0 Å². The van der Waals surface area contributed by atoms with Crippen molar-refractivity contribution in [2.45, 2.75) is 26.2 Å². The van der Waals surface area contributed by atoms with Crippen LogP contribution in [0.25, 0.3) is 11.1 Å². The number of thiophene rings is 1. The van der Waals surface area contributed by atoms with Crippen LogP contribution in [0.3, 0.4) is 0 Å². The molecule has 0 unspecified atom stereocenters. The van der Waals surface area contributed by atoms with Crippen molar-refractivity contribution in [3.8, 4) is 11.1 Å². The molecule has 94 valence electrons. The van der Waals surface area contributed by atoms with Crippen molar-refractivity contribution in [2.24, 2.45) is 0 Å². The summed E-state index contributed by atoms with van der Waals surface area (Å²) in [5.41, 5.74) is 3.79. The van der Waals surface area contributed by atoms with Gasteiger partial charge in [-0.05, 0) is 44.4 Å². The van der Waals surface area contributed by atoms with E-state index in [9.17, 15) is 10.0 Å². The second-order valence-electron chi connectivity index (χ2n) is 5.48. The molecule has 2 rings (SSSR count). The van der Waals surface area contributed by atoms with Crippen LogP contribution in [-0.2, 0) is 5.41 Å². The molecule has 0 bridgehead atoms. The lowest BCUT2D eigenvalue weighted by molar-refractivity contribution is 0.425. The zero-order valence-corrected chi connectivity index (χ0v) is 11.7. The zero-order chi connectivity index (χ0) is 13.3. The van der Waals surface area contributed by atoms with Crippen molar-refractivity contribution in [3.05, 3.63) is 40.6 Å². The molecule has 0 amide bonds. The fourth-order valence-electron chi connectivity index (χ4n) is 1.83. The highest BCUT2D eigenvalue weighted by atomic mass is 32.1.